The number of hydrogen-bond acceptors (Lipinski definition) is 6. The quantitative estimate of drug-likeness (QED) is 0.743. The normalized spacial score (nSPS) is 27.2. The van der Waals surface area contributed by atoms with Gasteiger partial charge in [0, 0.05) is 44.7 Å². The lowest BCUT2D eigenvalue weighted by atomic mass is 9.94. The molecule has 1 aliphatic carbocycles. The molecule has 4 rings (SSSR count). The van der Waals surface area contributed by atoms with Crippen molar-refractivity contribution >= 4 is 15.7 Å². The Hall–Kier alpha value is -1.51. The van der Waals surface area contributed by atoms with E-state index in [2.05, 4.69) is 9.88 Å². The maximum absolute atomic E-state index is 13.2. The van der Waals surface area contributed by atoms with Crippen molar-refractivity contribution in [1.29, 1.82) is 0 Å². The summed E-state index contributed by atoms with van der Waals surface area (Å²) < 4.78 is 29.8. The van der Waals surface area contributed by atoms with Crippen molar-refractivity contribution in [1.82, 2.24) is 14.8 Å². The van der Waals surface area contributed by atoms with Gasteiger partial charge in [0.1, 0.15) is 0 Å². The first kappa shape index (κ1) is 18.8. The maximum atomic E-state index is 13.2. The highest BCUT2D eigenvalue weighted by molar-refractivity contribution is 7.91. The molecule has 0 bridgehead atoms. The number of sulfone groups is 1. The fraction of sp³-hybridized carbons (Fsp3) is 0.684. The van der Waals surface area contributed by atoms with Crippen molar-refractivity contribution < 1.29 is 17.9 Å². The minimum atomic E-state index is -3.14. The second kappa shape index (κ2) is 7.48. The molecule has 2 atom stereocenters. The first-order valence-electron chi connectivity index (χ1n) is 9.71. The molecule has 1 aromatic rings. The number of carbonyl (C=O) groups excluding carboxylic acids is 1. The molecule has 0 unspecified atom stereocenters. The Labute approximate surface area is 160 Å². The zero-order chi connectivity index (χ0) is 19.0. The average molecular weight is 394 g/mol. The number of aryl methyl sites for hydroxylation is 2. The summed E-state index contributed by atoms with van der Waals surface area (Å²) in [6, 6.07) is 1.54. The molecule has 2 saturated heterocycles. The van der Waals surface area contributed by atoms with Gasteiger partial charge in [-0.1, -0.05) is 0 Å². The molecular weight excluding hydrogens is 366 g/mol. The van der Waals surface area contributed by atoms with E-state index in [4.69, 9.17) is 4.74 Å². The fourth-order valence-electron chi connectivity index (χ4n) is 4.63. The Balaban J connectivity index is 1.57. The van der Waals surface area contributed by atoms with E-state index in [0.29, 0.717) is 31.8 Å². The van der Waals surface area contributed by atoms with Crippen LogP contribution in [-0.2, 0) is 27.4 Å². The summed E-state index contributed by atoms with van der Waals surface area (Å²) in [6.45, 7) is 2.46. The summed E-state index contributed by atoms with van der Waals surface area (Å²) >= 11 is 0. The highest BCUT2D eigenvalue weighted by Gasteiger charge is 2.48. The zero-order valence-corrected chi connectivity index (χ0v) is 16.6. The van der Waals surface area contributed by atoms with Crippen molar-refractivity contribution in [3.63, 3.8) is 0 Å². The summed E-state index contributed by atoms with van der Waals surface area (Å²) in [5.74, 6) is 0.0770. The summed E-state index contributed by atoms with van der Waals surface area (Å²) in [5.41, 5.74) is 2.86. The smallest absolute Gasteiger partial charge is 0.255 e. The van der Waals surface area contributed by atoms with Crippen LogP contribution in [0.25, 0.3) is 0 Å². The van der Waals surface area contributed by atoms with Gasteiger partial charge in [-0.2, -0.15) is 0 Å². The van der Waals surface area contributed by atoms with Gasteiger partial charge in [-0.3, -0.25) is 14.7 Å². The highest BCUT2D eigenvalue weighted by atomic mass is 32.2. The number of ether oxygens (including phenoxy) is 1. The Morgan fingerprint density at radius 3 is 2.81 bits per heavy atom. The molecule has 2 fully saturated rings. The molecule has 3 aliphatic rings. The second-order valence-corrected chi connectivity index (χ2v) is 9.93. The highest BCUT2D eigenvalue weighted by Crippen LogP contribution is 2.29. The molecule has 0 spiro atoms. The lowest BCUT2D eigenvalue weighted by Gasteiger charge is -2.43. The zero-order valence-electron chi connectivity index (χ0n) is 15.8. The van der Waals surface area contributed by atoms with Gasteiger partial charge >= 0.3 is 0 Å². The molecule has 1 amide bonds. The molecule has 0 aromatic carbocycles. The van der Waals surface area contributed by atoms with Gasteiger partial charge in [-0.15, -0.1) is 0 Å². The lowest BCUT2D eigenvalue weighted by Crippen LogP contribution is -2.61. The van der Waals surface area contributed by atoms with E-state index in [9.17, 15) is 13.2 Å². The van der Waals surface area contributed by atoms with Crippen LogP contribution in [0.15, 0.2) is 12.3 Å². The Bertz CT molecular complexity index is 826. The standard InChI is InChI=1S/C19H27N3O4S/c1-26-9-8-21-6-7-22(18-13-27(24,25)12-17(18)21)19(23)15-10-14-4-2-3-5-16(14)20-11-15/h10-11,17-18H,2-9,12-13H2,1H3/t17-,18+/m0/s1. The van der Waals surface area contributed by atoms with Crippen LogP contribution < -0.4 is 0 Å². The van der Waals surface area contributed by atoms with E-state index in [-0.39, 0.29) is 29.5 Å². The molecule has 7 nitrogen and oxygen atoms in total. The third kappa shape index (κ3) is 3.75. The topological polar surface area (TPSA) is 79.8 Å². The van der Waals surface area contributed by atoms with Crippen LogP contribution in [0.5, 0.6) is 0 Å². The SMILES string of the molecule is COCCN1CCN(C(=O)c2cnc3c(c2)CCCC3)[C@@H]2CS(=O)(=O)C[C@@H]21. The van der Waals surface area contributed by atoms with E-state index < -0.39 is 9.84 Å². The van der Waals surface area contributed by atoms with Gasteiger partial charge in [0.15, 0.2) is 9.84 Å². The second-order valence-electron chi connectivity index (χ2n) is 7.78. The number of pyridine rings is 1. The van der Waals surface area contributed by atoms with Crippen molar-refractivity contribution in [2.45, 2.75) is 37.8 Å². The predicted octanol–water partition coefficient (Wildman–Crippen LogP) is 0.530. The minimum absolute atomic E-state index is 0.0469. The number of aromatic nitrogens is 1. The number of hydrogen-bond donors (Lipinski definition) is 0. The first-order chi connectivity index (χ1) is 13.0. The number of methoxy groups -OCH3 is 1. The number of carbonyl (C=O) groups is 1. The van der Waals surface area contributed by atoms with Crippen molar-refractivity contribution in [2.24, 2.45) is 0 Å². The van der Waals surface area contributed by atoms with Crippen LogP contribution >= 0.6 is 0 Å². The monoisotopic (exact) mass is 393 g/mol. The first-order valence-corrected chi connectivity index (χ1v) is 11.5. The van der Waals surface area contributed by atoms with Crippen LogP contribution in [0.3, 0.4) is 0 Å². The van der Waals surface area contributed by atoms with Crippen LogP contribution in [0.1, 0.15) is 34.5 Å². The minimum Gasteiger partial charge on any atom is -0.383 e. The predicted molar refractivity (Wildman–Crippen MR) is 102 cm³/mol. The molecule has 8 heteroatoms. The van der Waals surface area contributed by atoms with Crippen LogP contribution in [0.2, 0.25) is 0 Å². The molecule has 0 saturated carbocycles. The number of rotatable bonds is 4. The summed E-state index contributed by atoms with van der Waals surface area (Å²) in [5, 5.41) is 0. The number of fused-ring (bicyclic) bond motifs is 2. The van der Waals surface area contributed by atoms with E-state index in [1.807, 2.05) is 6.07 Å². The molecule has 0 radical (unpaired) electrons. The van der Waals surface area contributed by atoms with E-state index in [1.54, 1.807) is 18.2 Å². The Kier molecular flexibility index (Phi) is 5.22. The van der Waals surface area contributed by atoms with Gasteiger partial charge in [0.2, 0.25) is 0 Å². The fourth-order valence-corrected chi connectivity index (χ4v) is 6.65. The number of piperazine rings is 1. The molecule has 0 N–H and O–H groups in total. The largest absolute Gasteiger partial charge is 0.383 e. The van der Waals surface area contributed by atoms with Gasteiger partial charge < -0.3 is 9.64 Å². The Morgan fingerprint density at radius 1 is 1.22 bits per heavy atom. The molecule has 1 aromatic heterocycles. The lowest BCUT2D eigenvalue weighted by molar-refractivity contribution is 0.0247. The molecule has 27 heavy (non-hydrogen) atoms. The third-order valence-electron chi connectivity index (χ3n) is 6.05. The van der Waals surface area contributed by atoms with E-state index in [1.165, 1.54) is 5.56 Å². The molecule has 148 valence electrons. The average Bonchev–Trinajstić information content (AvgIpc) is 3.00. The number of amides is 1. The van der Waals surface area contributed by atoms with Crippen molar-refractivity contribution in [2.75, 3.05) is 44.9 Å². The van der Waals surface area contributed by atoms with Gasteiger partial charge in [0.25, 0.3) is 5.91 Å². The molecule has 3 heterocycles. The summed E-state index contributed by atoms with van der Waals surface area (Å²) in [7, 11) is -1.50. The third-order valence-corrected chi connectivity index (χ3v) is 7.75. The summed E-state index contributed by atoms with van der Waals surface area (Å²) in [6.07, 6.45) is 5.90. The van der Waals surface area contributed by atoms with Crippen LogP contribution in [0, 0.1) is 0 Å². The van der Waals surface area contributed by atoms with E-state index >= 15 is 0 Å². The van der Waals surface area contributed by atoms with Crippen LogP contribution in [-0.4, -0.2) is 86.0 Å². The van der Waals surface area contributed by atoms with Gasteiger partial charge in [-0.25, -0.2) is 8.42 Å². The van der Waals surface area contributed by atoms with Gasteiger partial charge in [0.05, 0.1) is 29.7 Å². The van der Waals surface area contributed by atoms with Gasteiger partial charge in [-0.05, 0) is 37.3 Å². The van der Waals surface area contributed by atoms with Crippen molar-refractivity contribution in [3.8, 4) is 0 Å². The van der Waals surface area contributed by atoms with E-state index in [0.717, 1.165) is 31.4 Å². The summed E-state index contributed by atoms with van der Waals surface area (Å²) in [4.78, 5) is 21.6. The number of nitrogens with zero attached hydrogens (tertiary/aromatic N) is 3. The maximum Gasteiger partial charge on any atom is 0.255 e. The van der Waals surface area contributed by atoms with Crippen molar-refractivity contribution in [3.05, 3.63) is 29.1 Å². The Morgan fingerprint density at radius 2 is 2.00 bits per heavy atom. The molecular formula is C19H27N3O4S. The van der Waals surface area contributed by atoms with Crippen LogP contribution in [0.4, 0.5) is 0 Å². The molecule has 2 aliphatic heterocycles.